The largest absolute Gasteiger partial charge is 0.506 e. The van der Waals surface area contributed by atoms with Crippen LogP contribution in [0.3, 0.4) is 0 Å². The van der Waals surface area contributed by atoms with Crippen molar-refractivity contribution in [1.29, 1.82) is 0 Å². The van der Waals surface area contributed by atoms with Gasteiger partial charge in [-0.25, -0.2) is 8.42 Å². The van der Waals surface area contributed by atoms with Crippen LogP contribution in [0, 0.1) is 5.92 Å². The SMILES string of the molecule is O=C(Nc1cc(S(=O)(=O)Nc2cccc(Cl)c2)ccc1O)C1CC1. The first kappa shape index (κ1) is 16.6. The number of halogens is 1. The third-order valence-corrected chi connectivity index (χ3v) is 5.18. The topological polar surface area (TPSA) is 95.5 Å². The van der Waals surface area contributed by atoms with Gasteiger partial charge in [0, 0.05) is 10.9 Å². The molecule has 0 atom stereocenters. The summed E-state index contributed by atoms with van der Waals surface area (Å²) >= 11 is 5.84. The lowest BCUT2D eigenvalue weighted by Gasteiger charge is -2.11. The molecule has 0 saturated heterocycles. The van der Waals surface area contributed by atoms with Crippen LogP contribution < -0.4 is 10.0 Å². The molecule has 6 nitrogen and oxygen atoms in total. The normalized spacial score (nSPS) is 14.2. The molecule has 24 heavy (non-hydrogen) atoms. The van der Waals surface area contributed by atoms with Crippen molar-refractivity contribution in [1.82, 2.24) is 0 Å². The van der Waals surface area contributed by atoms with Gasteiger partial charge in [0.25, 0.3) is 10.0 Å². The third-order valence-electron chi connectivity index (χ3n) is 3.56. The van der Waals surface area contributed by atoms with Crippen LogP contribution in [-0.4, -0.2) is 19.4 Å². The van der Waals surface area contributed by atoms with Crippen LogP contribution in [0.2, 0.25) is 5.02 Å². The number of sulfonamides is 1. The van der Waals surface area contributed by atoms with Crippen LogP contribution in [-0.2, 0) is 14.8 Å². The number of rotatable bonds is 5. The lowest BCUT2D eigenvalue weighted by molar-refractivity contribution is -0.117. The standard InChI is InChI=1S/C16H15ClN2O4S/c17-11-2-1-3-12(8-11)19-24(22,23)13-6-7-15(20)14(9-13)18-16(21)10-4-5-10/h1-3,6-10,19-20H,4-5H2,(H,18,21). The van der Waals surface area contributed by atoms with Crippen LogP contribution in [0.25, 0.3) is 0 Å². The molecule has 0 heterocycles. The summed E-state index contributed by atoms with van der Waals surface area (Å²) < 4.78 is 27.3. The number of amides is 1. The van der Waals surface area contributed by atoms with Crippen LogP contribution in [0.15, 0.2) is 47.4 Å². The second-order valence-corrected chi connectivity index (χ2v) is 7.68. The Kier molecular flexibility index (Phi) is 4.38. The number of hydrogen-bond donors (Lipinski definition) is 3. The van der Waals surface area contributed by atoms with Crippen molar-refractivity contribution in [2.45, 2.75) is 17.7 Å². The zero-order valence-electron chi connectivity index (χ0n) is 12.5. The Bertz CT molecular complexity index is 895. The number of benzene rings is 2. The molecule has 1 saturated carbocycles. The number of carbonyl (C=O) groups excluding carboxylic acids is 1. The number of hydrogen-bond acceptors (Lipinski definition) is 4. The minimum absolute atomic E-state index is 0.0609. The van der Waals surface area contributed by atoms with Gasteiger partial charge in [-0.15, -0.1) is 0 Å². The highest BCUT2D eigenvalue weighted by atomic mass is 35.5. The van der Waals surface area contributed by atoms with Crippen molar-refractivity contribution in [2.75, 3.05) is 10.0 Å². The quantitative estimate of drug-likeness (QED) is 0.708. The van der Waals surface area contributed by atoms with E-state index in [-0.39, 0.29) is 28.2 Å². The van der Waals surface area contributed by atoms with Gasteiger partial charge in [0.05, 0.1) is 16.3 Å². The first-order valence-electron chi connectivity index (χ1n) is 7.27. The molecule has 3 N–H and O–H groups in total. The number of phenolic OH excluding ortho intramolecular Hbond substituents is 1. The fourth-order valence-electron chi connectivity index (χ4n) is 2.13. The van der Waals surface area contributed by atoms with Gasteiger partial charge in [-0.2, -0.15) is 0 Å². The molecule has 0 bridgehead atoms. The Morgan fingerprint density at radius 2 is 1.92 bits per heavy atom. The number of aromatic hydroxyl groups is 1. The molecular formula is C16H15ClN2O4S. The minimum atomic E-state index is -3.88. The van der Waals surface area contributed by atoms with Gasteiger partial charge < -0.3 is 10.4 Å². The van der Waals surface area contributed by atoms with Crippen molar-refractivity contribution in [3.05, 3.63) is 47.5 Å². The molecule has 2 aromatic carbocycles. The van der Waals surface area contributed by atoms with Gasteiger partial charge in [0.1, 0.15) is 5.75 Å². The molecule has 0 unspecified atom stereocenters. The van der Waals surface area contributed by atoms with Crippen molar-refractivity contribution < 1.29 is 18.3 Å². The lowest BCUT2D eigenvalue weighted by atomic mass is 10.2. The Balaban J connectivity index is 1.85. The van der Waals surface area contributed by atoms with Gasteiger partial charge in [-0.3, -0.25) is 9.52 Å². The van der Waals surface area contributed by atoms with E-state index in [1.807, 2.05) is 0 Å². The molecule has 1 aliphatic rings. The summed E-state index contributed by atoms with van der Waals surface area (Å²) in [6, 6.07) is 10.0. The van der Waals surface area contributed by atoms with Gasteiger partial charge >= 0.3 is 0 Å². The zero-order valence-corrected chi connectivity index (χ0v) is 14.1. The summed E-state index contributed by atoms with van der Waals surface area (Å²) in [7, 11) is -3.88. The minimum Gasteiger partial charge on any atom is -0.506 e. The summed E-state index contributed by atoms with van der Waals surface area (Å²) in [6.45, 7) is 0. The Hall–Kier alpha value is -2.25. The molecule has 0 aromatic heterocycles. The highest BCUT2D eigenvalue weighted by Gasteiger charge is 2.30. The maximum absolute atomic E-state index is 12.5. The van der Waals surface area contributed by atoms with Crippen molar-refractivity contribution in [3.8, 4) is 5.75 Å². The summed E-state index contributed by atoms with van der Waals surface area (Å²) in [5.74, 6) is -0.470. The van der Waals surface area contributed by atoms with Gasteiger partial charge in [0.2, 0.25) is 5.91 Å². The summed E-state index contributed by atoms with van der Waals surface area (Å²) in [5, 5.41) is 12.8. The van der Waals surface area contributed by atoms with E-state index in [2.05, 4.69) is 10.0 Å². The van der Waals surface area contributed by atoms with E-state index in [1.165, 1.54) is 24.3 Å². The Morgan fingerprint density at radius 1 is 1.17 bits per heavy atom. The smallest absolute Gasteiger partial charge is 0.261 e. The van der Waals surface area contributed by atoms with Crippen LogP contribution in [0.4, 0.5) is 11.4 Å². The molecule has 8 heteroatoms. The molecule has 0 spiro atoms. The average Bonchev–Trinajstić information content (AvgIpc) is 3.33. The summed E-state index contributed by atoms with van der Waals surface area (Å²) in [6.07, 6.45) is 1.61. The molecule has 0 aliphatic heterocycles. The zero-order chi connectivity index (χ0) is 17.3. The number of carbonyl (C=O) groups is 1. The molecule has 0 radical (unpaired) electrons. The van der Waals surface area contributed by atoms with Crippen LogP contribution in [0.5, 0.6) is 5.75 Å². The number of phenols is 1. The van der Waals surface area contributed by atoms with Crippen molar-refractivity contribution in [3.63, 3.8) is 0 Å². The third kappa shape index (κ3) is 3.80. The molecular weight excluding hydrogens is 352 g/mol. The first-order chi connectivity index (χ1) is 11.3. The summed E-state index contributed by atoms with van der Waals surface area (Å²) in [5.41, 5.74) is 0.389. The predicted molar refractivity (Wildman–Crippen MR) is 91.7 cm³/mol. The highest BCUT2D eigenvalue weighted by Crippen LogP contribution is 2.33. The van der Waals surface area contributed by atoms with Gasteiger partial charge in [0.15, 0.2) is 0 Å². The Labute approximate surface area is 144 Å². The predicted octanol–water partition coefficient (Wildman–Crippen LogP) is 3.19. The Morgan fingerprint density at radius 3 is 2.58 bits per heavy atom. The van der Waals surface area contributed by atoms with Crippen LogP contribution in [0.1, 0.15) is 12.8 Å². The molecule has 2 aromatic rings. The fraction of sp³-hybridized carbons (Fsp3) is 0.188. The van der Waals surface area contributed by atoms with E-state index in [9.17, 15) is 18.3 Å². The van der Waals surface area contributed by atoms with Crippen LogP contribution >= 0.6 is 11.6 Å². The second kappa shape index (κ2) is 6.33. The second-order valence-electron chi connectivity index (χ2n) is 5.56. The van der Waals surface area contributed by atoms with E-state index < -0.39 is 10.0 Å². The molecule has 1 aliphatic carbocycles. The first-order valence-corrected chi connectivity index (χ1v) is 9.13. The highest BCUT2D eigenvalue weighted by molar-refractivity contribution is 7.92. The molecule has 126 valence electrons. The fourth-order valence-corrected chi connectivity index (χ4v) is 3.39. The van der Waals surface area contributed by atoms with E-state index in [4.69, 9.17) is 11.6 Å². The van der Waals surface area contributed by atoms with Gasteiger partial charge in [-0.1, -0.05) is 17.7 Å². The number of anilines is 2. The number of nitrogens with one attached hydrogen (secondary N) is 2. The summed E-state index contributed by atoms with van der Waals surface area (Å²) in [4.78, 5) is 11.7. The van der Waals surface area contributed by atoms with E-state index >= 15 is 0 Å². The molecule has 3 rings (SSSR count). The van der Waals surface area contributed by atoms with E-state index in [0.29, 0.717) is 10.7 Å². The van der Waals surface area contributed by atoms with Gasteiger partial charge in [-0.05, 0) is 49.2 Å². The van der Waals surface area contributed by atoms with Crippen molar-refractivity contribution in [2.24, 2.45) is 5.92 Å². The van der Waals surface area contributed by atoms with E-state index in [0.717, 1.165) is 12.8 Å². The molecule has 1 fully saturated rings. The lowest BCUT2D eigenvalue weighted by Crippen LogP contribution is -2.16. The monoisotopic (exact) mass is 366 g/mol. The maximum atomic E-state index is 12.5. The van der Waals surface area contributed by atoms with Crippen molar-refractivity contribution >= 4 is 38.9 Å². The molecule has 1 amide bonds. The van der Waals surface area contributed by atoms with E-state index in [1.54, 1.807) is 18.2 Å². The average molecular weight is 367 g/mol. The maximum Gasteiger partial charge on any atom is 0.261 e.